The number of hydrogen-bond acceptors (Lipinski definition) is 5. The molecule has 1 unspecified atom stereocenters. The van der Waals surface area contributed by atoms with Crippen LogP contribution in [-0.4, -0.2) is 36.6 Å². The van der Waals surface area contributed by atoms with E-state index < -0.39 is 0 Å². The van der Waals surface area contributed by atoms with E-state index in [-0.39, 0.29) is 41.5 Å². The molecule has 1 heterocycles. The van der Waals surface area contributed by atoms with E-state index in [1.807, 2.05) is 6.92 Å². The van der Waals surface area contributed by atoms with Crippen LogP contribution in [0.15, 0.2) is 30.1 Å². The average molecular weight is 342 g/mol. The molecule has 0 spiro atoms. The fraction of sp³-hybridized carbons (Fsp3) is 0.500. The molecular weight excluding hydrogens is 315 g/mol. The van der Waals surface area contributed by atoms with Crippen molar-refractivity contribution in [2.75, 3.05) is 30.7 Å². The van der Waals surface area contributed by atoms with Crippen molar-refractivity contribution < 1.29 is 34.4 Å². The van der Waals surface area contributed by atoms with E-state index in [9.17, 15) is 4.79 Å². The molecule has 1 aromatic rings. The van der Waals surface area contributed by atoms with E-state index in [0.29, 0.717) is 30.2 Å². The van der Waals surface area contributed by atoms with Gasteiger partial charge in [0, 0.05) is 30.9 Å². The maximum absolute atomic E-state index is 12.1. The molecule has 6 N–H and O–H groups in total. The minimum atomic E-state index is -0.201. The van der Waals surface area contributed by atoms with Crippen molar-refractivity contribution in [1.29, 1.82) is 0 Å². The van der Waals surface area contributed by atoms with Gasteiger partial charge in [-0.15, -0.1) is 0 Å². The Morgan fingerprint density at radius 1 is 1.42 bits per heavy atom. The minimum Gasteiger partial charge on any atom is -0.705 e. The van der Waals surface area contributed by atoms with E-state index >= 15 is 0 Å². The molecule has 1 rings (SSSR count). The van der Waals surface area contributed by atoms with E-state index in [1.165, 1.54) is 0 Å². The van der Waals surface area contributed by atoms with Crippen LogP contribution in [0.5, 0.6) is 0 Å². The molecule has 0 fully saturated rings. The number of nitrogens with zero attached hydrogens (tertiary/aromatic N) is 1. The summed E-state index contributed by atoms with van der Waals surface area (Å²) >= 11 is 0. The molecule has 24 heavy (non-hydrogen) atoms. The summed E-state index contributed by atoms with van der Waals surface area (Å²) in [5, 5.41) is 9.17. The summed E-state index contributed by atoms with van der Waals surface area (Å²) in [4.78, 5) is 16.2. The summed E-state index contributed by atoms with van der Waals surface area (Å²) in [6, 6.07) is 3.44. The van der Waals surface area contributed by atoms with Gasteiger partial charge in [-0.1, -0.05) is 6.92 Å². The molecule has 1 atom stereocenters. The molecule has 128 valence electrons. The van der Waals surface area contributed by atoms with Crippen molar-refractivity contribution in [2.24, 2.45) is 0 Å². The Hall–Kier alpha value is -1.28. The Balaban J connectivity index is 0.00000529. The Labute approximate surface area is 166 Å². The van der Waals surface area contributed by atoms with E-state index in [1.54, 1.807) is 18.3 Å². The molecule has 0 saturated carbocycles. The van der Waals surface area contributed by atoms with Crippen LogP contribution in [0.4, 0.5) is 11.5 Å². The van der Waals surface area contributed by atoms with E-state index in [4.69, 9.17) is 11.5 Å². The second kappa shape index (κ2) is 13.1. The molecule has 1 aromatic heterocycles. The van der Waals surface area contributed by atoms with Gasteiger partial charge in [-0.05, 0) is 38.4 Å². The Morgan fingerprint density at radius 2 is 2.17 bits per heavy atom. The summed E-state index contributed by atoms with van der Waals surface area (Å²) in [6.45, 7) is 5.95. The number of hydrogen-bond donors (Lipinski definition) is 4. The summed E-state index contributed by atoms with van der Waals surface area (Å²) < 4.78 is 0. The first-order valence-corrected chi connectivity index (χ1v) is 7.93. The first-order valence-electron chi connectivity index (χ1n) is 7.93. The van der Waals surface area contributed by atoms with Crippen molar-refractivity contribution in [1.82, 2.24) is 15.6 Å². The number of rotatable bonds is 10. The van der Waals surface area contributed by atoms with Gasteiger partial charge in [0.2, 0.25) is 5.91 Å². The molecule has 0 aliphatic carbocycles. The van der Waals surface area contributed by atoms with Gasteiger partial charge in [0.05, 0.1) is 5.69 Å². The Morgan fingerprint density at radius 3 is 2.79 bits per heavy atom. The second-order valence-electron chi connectivity index (χ2n) is 5.25. The van der Waals surface area contributed by atoms with Crippen molar-refractivity contribution in [2.45, 2.75) is 32.7 Å². The molecule has 0 bridgehead atoms. The smallest absolute Gasteiger partial charge is 0.705 e. The topological polar surface area (TPSA) is 116 Å². The summed E-state index contributed by atoms with van der Waals surface area (Å²) in [6.07, 6.45) is 4.52. The normalized spacial score (nSPS) is 12.2. The first kappa shape index (κ1) is 22.7. The van der Waals surface area contributed by atoms with Gasteiger partial charge in [0.1, 0.15) is 5.82 Å². The number of nitrogens with two attached hydrogens (primary N) is 1. The maximum Gasteiger partial charge on any atom is 1.00 e. The predicted molar refractivity (Wildman–Crippen MR) is 94.9 cm³/mol. The van der Waals surface area contributed by atoms with Crippen LogP contribution >= 0.6 is 0 Å². The standard InChI is InChI=1S/C16H28N6O.Na/c1-3-7-19-12(2)13(11-17)16(23)22-10-5-9-21-15-14(18)6-4-8-20-15;/h4,6,8,11-12,19H,3,5,7,9-10,18H2,1-2H3,(H4,17,20,21,22,23);/q;+1/p-1. The number of pyridine rings is 1. The zero-order valence-electron chi connectivity index (χ0n) is 14.9. The SMILES string of the molecule is CCCNC(C)/C(=C\[NH-])C(=O)NCCCNc1ncccc1N.[Na+]. The molecule has 1 amide bonds. The molecule has 8 heteroatoms. The Kier molecular flexibility index (Phi) is 12.4. The zero-order valence-corrected chi connectivity index (χ0v) is 16.9. The quantitative estimate of drug-likeness (QED) is 0.245. The second-order valence-corrected chi connectivity index (χ2v) is 5.25. The fourth-order valence-corrected chi connectivity index (χ4v) is 2.02. The third-order valence-electron chi connectivity index (χ3n) is 3.36. The molecule has 0 aromatic carbocycles. The third-order valence-corrected chi connectivity index (χ3v) is 3.36. The van der Waals surface area contributed by atoms with Crippen molar-refractivity contribution in [3.05, 3.63) is 35.8 Å². The number of nitrogen functional groups attached to an aromatic ring is 1. The molecule has 7 nitrogen and oxygen atoms in total. The number of aromatic nitrogens is 1. The van der Waals surface area contributed by atoms with Crippen LogP contribution in [0, 0.1) is 0 Å². The molecule has 0 saturated heterocycles. The van der Waals surface area contributed by atoms with Gasteiger partial charge < -0.3 is 27.4 Å². The molecule has 0 aliphatic heterocycles. The fourth-order valence-electron chi connectivity index (χ4n) is 2.02. The predicted octanol–water partition coefficient (Wildman–Crippen LogP) is -1.09. The van der Waals surface area contributed by atoms with Gasteiger partial charge >= 0.3 is 29.6 Å². The minimum absolute atomic E-state index is 0. The van der Waals surface area contributed by atoms with Crippen LogP contribution in [0.3, 0.4) is 0 Å². The number of carbonyl (C=O) groups excluding carboxylic acids is 1. The average Bonchev–Trinajstić information content (AvgIpc) is 2.55. The number of anilines is 2. The number of carbonyl (C=O) groups is 1. The van der Waals surface area contributed by atoms with Gasteiger partial charge in [0.25, 0.3) is 0 Å². The maximum atomic E-state index is 12.1. The number of nitrogens with one attached hydrogen (secondary N) is 4. The largest absolute Gasteiger partial charge is 1.00 e. The van der Waals surface area contributed by atoms with Crippen LogP contribution in [0.25, 0.3) is 5.73 Å². The summed E-state index contributed by atoms with van der Waals surface area (Å²) in [5.74, 6) is 0.455. The zero-order chi connectivity index (χ0) is 17.1. The monoisotopic (exact) mass is 342 g/mol. The molecule has 0 radical (unpaired) electrons. The van der Waals surface area contributed by atoms with Crippen molar-refractivity contribution in [3.63, 3.8) is 0 Å². The van der Waals surface area contributed by atoms with E-state index in [2.05, 4.69) is 27.9 Å². The molecule has 0 aliphatic rings. The van der Waals surface area contributed by atoms with Crippen LogP contribution in [0.2, 0.25) is 0 Å². The van der Waals surface area contributed by atoms with E-state index in [0.717, 1.165) is 25.6 Å². The van der Waals surface area contributed by atoms with Gasteiger partial charge in [-0.3, -0.25) is 4.79 Å². The van der Waals surface area contributed by atoms with Gasteiger partial charge in [-0.25, -0.2) is 4.98 Å². The van der Waals surface area contributed by atoms with Crippen LogP contribution in [0.1, 0.15) is 26.7 Å². The van der Waals surface area contributed by atoms with Crippen molar-refractivity contribution in [3.8, 4) is 0 Å². The summed E-state index contributed by atoms with van der Waals surface area (Å²) in [7, 11) is 0. The summed E-state index contributed by atoms with van der Waals surface area (Å²) in [5.41, 5.74) is 14.2. The van der Waals surface area contributed by atoms with Gasteiger partial charge in [0.15, 0.2) is 0 Å². The van der Waals surface area contributed by atoms with Gasteiger partial charge in [-0.2, -0.15) is 6.20 Å². The third kappa shape index (κ3) is 8.01. The first-order chi connectivity index (χ1) is 11.1. The van der Waals surface area contributed by atoms with Crippen LogP contribution in [-0.2, 0) is 4.79 Å². The number of amides is 1. The molecular formula is C16H27N6NaO. The Bertz CT molecular complexity index is 523. The van der Waals surface area contributed by atoms with Crippen LogP contribution < -0.4 is 51.2 Å². The van der Waals surface area contributed by atoms with Crippen molar-refractivity contribution >= 4 is 17.4 Å².